The maximum Gasteiger partial charge on any atom is 0.224 e. The smallest absolute Gasteiger partial charge is 0.224 e. The standard InChI is InChI=1S/C17H23ClN4/c1-12(2)11-20-17-21-13(3)9-16(22-17)19-8-7-14-5-4-6-15(18)10-14/h4-6,9-10,12H,7-8,11H2,1-3H3,(H2,19,20,21,22). The zero-order valence-corrected chi connectivity index (χ0v) is 14.1. The van der Waals surface area contributed by atoms with Gasteiger partial charge in [-0.1, -0.05) is 37.6 Å². The molecule has 1 aromatic heterocycles. The van der Waals surface area contributed by atoms with Gasteiger partial charge in [-0.15, -0.1) is 0 Å². The SMILES string of the molecule is Cc1cc(NCCc2cccc(Cl)c2)nc(NCC(C)C)n1. The summed E-state index contributed by atoms with van der Waals surface area (Å²) in [6, 6.07) is 9.89. The highest BCUT2D eigenvalue weighted by Crippen LogP contribution is 2.13. The fourth-order valence-corrected chi connectivity index (χ4v) is 2.27. The van der Waals surface area contributed by atoms with Gasteiger partial charge in [0.05, 0.1) is 0 Å². The van der Waals surface area contributed by atoms with Crippen molar-refractivity contribution in [3.63, 3.8) is 0 Å². The molecule has 2 rings (SSSR count). The predicted octanol–water partition coefficient (Wildman–Crippen LogP) is 4.16. The monoisotopic (exact) mass is 318 g/mol. The fraction of sp³-hybridized carbons (Fsp3) is 0.412. The number of halogens is 1. The Kier molecular flexibility index (Phi) is 6.01. The molecule has 2 N–H and O–H groups in total. The van der Waals surface area contributed by atoms with E-state index in [-0.39, 0.29) is 0 Å². The predicted molar refractivity (Wildman–Crippen MR) is 93.7 cm³/mol. The average molecular weight is 319 g/mol. The Morgan fingerprint density at radius 3 is 2.68 bits per heavy atom. The van der Waals surface area contributed by atoms with Crippen LogP contribution in [0.5, 0.6) is 0 Å². The Morgan fingerprint density at radius 1 is 1.14 bits per heavy atom. The van der Waals surface area contributed by atoms with Gasteiger partial charge in [0.1, 0.15) is 5.82 Å². The number of aromatic nitrogens is 2. The molecule has 1 heterocycles. The summed E-state index contributed by atoms with van der Waals surface area (Å²) in [4.78, 5) is 8.90. The van der Waals surface area contributed by atoms with Crippen LogP contribution in [0.4, 0.5) is 11.8 Å². The second kappa shape index (κ2) is 7.99. The van der Waals surface area contributed by atoms with Crippen molar-refractivity contribution in [2.24, 2.45) is 5.92 Å². The Hall–Kier alpha value is -1.81. The van der Waals surface area contributed by atoms with Gasteiger partial charge in [-0.25, -0.2) is 4.98 Å². The van der Waals surface area contributed by atoms with E-state index in [0.717, 1.165) is 36.0 Å². The first kappa shape index (κ1) is 16.6. The van der Waals surface area contributed by atoms with E-state index in [9.17, 15) is 0 Å². The summed E-state index contributed by atoms with van der Waals surface area (Å²) in [7, 11) is 0. The van der Waals surface area contributed by atoms with Crippen molar-refractivity contribution >= 4 is 23.4 Å². The molecule has 0 aliphatic carbocycles. The first-order valence-electron chi connectivity index (χ1n) is 7.61. The third-order valence-electron chi connectivity index (χ3n) is 3.13. The summed E-state index contributed by atoms with van der Waals surface area (Å²) in [5, 5.41) is 7.38. The second-order valence-corrected chi connectivity index (χ2v) is 6.24. The number of hydrogen-bond donors (Lipinski definition) is 2. The molecule has 0 saturated heterocycles. The molecule has 0 bridgehead atoms. The molecule has 22 heavy (non-hydrogen) atoms. The number of nitrogens with one attached hydrogen (secondary N) is 2. The van der Waals surface area contributed by atoms with Crippen molar-refractivity contribution < 1.29 is 0 Å². The van der Waals surface area contributed by atoms with Gasteiger partial charge in [0.25, 0.3) is 0 Å². The summed E-state index contributed by atoms with van der Waals surface area (Å²) in [6.45, 7) is 7.97. The summed E-state index contributed by atoms with van der Waals surface area (Å²) < 4.78 is 0. The van der Waals surface area contributed by atoms with Crippen LogP contribution in [0.1, 0.15) is 25.1 Å². The van der Waals surface area contributed by atoms with E-state index in [1.807, 2.05) is 31.2 Å². The summed E-state index contributed by atoms with van der Waals surface area (Å²) in [6.07, 6.45) is 0.901. The highest BCUT2D eigenvalue weighted by molar-refractivity contribution is 6.30. The average Bonchev–Trinajstić information content (AvgIpc) is 2.45. The molecule has 0 spiro atoms. The second-order valence-electron chi connectivity index (χ2n) is 5.80. The fourth-order valence-electron chi connectivity index (χ4n) is 2.06. The van der Waals surface area contributed by atoms with Crippen LogP contribution in [-0.2, 0) is 6.42 Å². The van der Waals surface area contributed by atoms with E-state index >= 15 is 0 Å². The Morgan fingerprint density at radius 2 is 1.95 bits per heavy atom. The lowest BCUT2D eigenvalue weighted by Crippen LogP contribution is -2.13. The quantitative estimate of drug-likeness (QED) is 0.804. The van der Waals surface area contributed by atoms with Crippen LogP contribution < -0.4 is 10.6 Å². The molecule has 0 amide bonds. The lowest BCUT2D eigenvalue weighted by molar-refractivity contribution is 0.684. The van der Waals surface area contributed by atoms with Gasteiger partial charge in [0.2, 0.25) is 5.95 Å². The molecule has 2 aromatic rings. The van der Waals surface area contributed by atoms with Crippen LogP contribution in [0.25, 0.3) is 0 Å². The lowest BCUT2D eigenvalue weighted by atomic mass is 10.1. The van der Waals surface area contributed by atoms with Gasteiger partial charge in [0.15, 0.2) is 0 Å². The van der Waals surface area contributed by atoms with Crippen LogP contribution in [-0.4, -0.2) is 23.1 Å². The molecule has 5 heteroatoms. The number of aryl methyl sites for hydroxylation is 1. The molecular formula is C17H23ClN4. The topological polar surface area (TPSA) is 49.8 Å². The minimum absolute atomic E-state index is 0.559. The highest BCUT2D eigenvalue weighted by Gasteiger charge is 2.03. The molecule has 4 nitrogen and oxygen atoms in total. The summed E-state index contributed by atoms with van der Waals surface area (Å²) in [5.41, 5.74) is 2.16. The minimum Gasteiger partial charge on any atom is -0.370 e. The van der Waals surface area contributed by atoms with Crippen molar-refractivity contribution in [1.29, 1.82) is 0 Å². The van der Waals surface area contributed by atoms with E-state index in [1.165, 1.54) is 5.56 Å². The zero-order chi connectivity index (χ0) is 15.9. The molecule has 0 radical (unpaired) electrons. The van der Waals surface area contributed by atoms with Crippen LogP contribution in [0, 0.1) is 12.8 Å². The first-order chi connectivity index (χ1) is 10.5. The van der Waals surface area contributed by atoms with Gasteiger partial charge < -0.3 is 10.6 Å². The molecule has 0 saturated carbocycles. The van der Waals surface area contributed by atoms with Crippen molar-refractivity contribution in [2.45, 2.75) is 27.2 Å². The van der Waals surface area contributed by atoms with Crippen LogP contribution in [0.15, 0.2) is 30.3 Å². The van der Waals surface area contributed by atoms with Gasteiger partial charge in [-0.05, 0) is 37.0 Å². The van der Waals surface area contributed by atoms with E-state index < -0.39 is 0 Å². The first-order valence-corrected chi connectivity index (χ1v) is 7.98. The molecule has 0 unspecified atom stereocenters. The number of anilines is 2. The number of benzene rings is 1. The number of nitrogens with zero attached hydrogens (tertiary/aromatic N) is 2. The van der Waals surface area contributed by atoms with Gasteiger partial charge in [0, 0.05) is 29.9 Å². The summed E-state index contributed by atoms with van der Waals surface area (Å²) >= 11 is 5.99. The maximum absolute atomic E-state index is 5.99. The molecule has 0 aliphatic heterocycles. The van der Waals surface area contributed by atoms with E-state index in [1.54, 1.807) is 0 Å². The van der Waals surface area contributed by atoms with Crippen molar-refractivity contribution in [2.75, 3.05) is 23.7 Å². The summed E-state index contributed by atoms with van der Waals surface area (Å²) in [5.74, 6) is 2.09. The lowest BCUT2D eigenvalue weighted by Gasteiger charge is -2.11. The van der Waals surface area contributed by atoms with E-state index in [2.05, 4.69) is 40.5 Å². The maximum atomic E-state index is 5.99. The number of hydrogen-bond acceptors (Lipinski definition) is 4. The molecule has 0 aliphatic rings. The van der Waals surface area contributed by atoms with Gasteiger partial charge in [-0.2, -0.15) is 4.98 Å². The van der Waals surface area contributed by atoms with Crippen molar-refractivity contribution in [3.8, 4) is 0 Å². The van der Waals surface area contributed by atoms with Crippen molar-refractivity contribution in [3.05, 3.63) is 46.6 Å². The third kappa shape index (κ3) is 5.53. The van der Waals surface area contributed by atoms with Crippen LogP contribution in [0.3, 0.4) is 0 Å². The largest absolute Gasteiger partial charge is 0.370 e. The zero-order valence-electron chi connectivity index (χ0n) is 13.4. The Bertz CT molecular complexity index is 613. The van der Waals surface area contributed by atoms with Gasteiger partial charge >= 0.3 is 0 Å². The van der Waals surface area contributed by atoms with Crippen LogP contribution in [0.2, 0.25) is 5.02 Å². The van der Waals surface area contributed by atoms with Gasteiger partial charge in [-0.3, -0.25) is 0 Å². The van der Waals surface area contributed by atoms with E-state index in [4.69, 9.17) is 11.6 Å². The normalized spacial score (nSPS) is 10.8. The molecular weight excluding hydrogens is 296 g/mol. The van der Waals surface area contributed by atoms with Crippen molar-refractivity contribution in [1.82, 2.24) is 9.97 Å². The highest BCUT2D eigenvalue weighted by atomic mass is 35.5. The Balaban J connectivity index is 1.91. The molecule has 0 fully saturated rings. The Labute approximate surface area is 137 Å². The minimum atomic E-state index is 0.559. The molecule has 1 aromatic carbocycles. The molecule has 0 atom stereocenters. The third-order valence-corrected chi connectivity index (χ3v) is 3.37. The van der Waals surface area contributed by atoms with E-state index in [0.29, 0.717) is 11.9 Å². The molecule has 118 valence electrons. The van der Waals surface area contributed by atoms with Crippen LogP contribution >= 0.6 is 11.6 Å². The number of rotatable bonds is 7.